The predicted molar refractivity (Wildman–Crippen MR) is 95.0 cm³/mol. The van der Waals surface area contributed by atoms with Crippen molar-refractivity contribution in [3.63, 3.8) is 0 Å². The minimum absolute atomic E-state index is 0.218. The molecule has 2 aromatic carbocycles. The molecule has 0 saturated heterocycles. The SMILES string of the molecule is O=c1[nH]c(N/N=C\CCc2ccccc2)nnc1-c1ccccc1. The fourth-order valence-corrected chi connectivity index (χ4v) is 2.22. The van der Waals surface area contributed by atoms with Crippen molar-refractivity contribution < 1.29 is 0 Å². The van der Waals surface area contributed by atoms with Gasteiger partial charge in [-0.25, -0.2) is 5.43 Å². The summed E-state index contributed by atoms with van der Waals surface area (Å²) in [7, 11) is 0. The summed E-state index contributed by atoms with van der Waals surface area (Å²) in [5.41, 5.74) is 4.65. The summed E-state index contributed by atoms with van der Waals surface area (Å²) in [5, 5.41) is 12.0. The maximum Gasteiger partial charge on any atom is 0.279 e. The highest BCUT2D eigenvalue weighted by atomic mass is 16.1. The molecule has 24 heavy (non-hydrogen) atoms. The molecule has 0 atom stereocenters. The molecule has 6 nitrogen and oxygen atoms in total. The number of anilines is 1. The summed E-state index contributed by atoms with van der Waals surface area (Å²) in [6.07, 6.45) is 3.44. The molecule has 0 fully saturated rings. The van der Waals surface area contributed by atoms with E-state index in [0.717, 1.165) is 18.4 Å². The van der Waals surface area contributed by atoms with Gasteiger partial charge in [-0.2, -0.15) is 5.10 Å². The molecule has 0 saturated carbocycles. The van der Waals surface area contributed by atoms with Crippen LogP contribution in [0.15, 0.2) is 70.6 Å². The Hall–Kier alpha value is -3.28. The van der Waals surface area contributed by atoms with E-state index in [1.807, 2.05) is 48.5 Å². The number of rotatable bonds is 6. The van der Waals surface area contributed by atoms with Crippen molar-refractivity contribution in [1.82, 2.24) is 15.2 Å². The lowest BCUT2D eigenvalue weighted by Gasteiger charge is -2.01. The molecule has 3 aromatic rings. The number of aromatic nitrogens is 3. The highest BCUT2D eigenvalue weighted by Crippen LogP contribution is 2.10. The first-order valence-corrected chi connectivity index (χ1v) is 7.67. The highest BCUT2D eigenvalue weighted by Gasteiger charge is 2.06. The smallest absolute Gasteiger partial charge is 0.279 e. The Morgan fingerprint density at radius 2 is 1.71 bits per heavy atom. The zero-order valence-corrected chi connectivity index (χ0v) is 13.0. The van der Waals surface area contributed by atoms with Gasteiger partial charge in [0.25, 0.3) is 5.56 Å². The third-order valence-electron chi connectivity index (χ3n) is 3.41. The van der Waals surface area contributed by atoms with Crippen LogP contribution < -0.4 is 11.0 Å². The van der Waals surface area contributed by atoms with Crippen LogP contribution in [-0.4, -0.2) is 21.4 Å². The van der Waals surface area contributed by atoms with Crippen molar-refractivity contribution >= 4 is 12.2 Å². The average molecular weight is 319 g/mol. The zero-order valence-electron chi connectivity index (χ0n) is 13.0. The summed E-state index contributed by atoms with van der Waals surface area (Å²) >= 11 is 0. The molecule has 120 valence electrons. The third-order valence-corrected chi connectivity index (χ3v) is 3.41. The number of hydrogen-bond acceptors (Lipinski definition) is 5. The first kappa shape index (κ1) is 15.6. The van der Waals surface area contributed by atoms with Gasteiger partial charge in [-0.05, 0) is 18.4 Å². The van der Waals surface area contributed by atoms with Gasteiger partial charge in [0.05, 0.1) is 0 Å². The second kappa shape index (κ2) is 7.82. The van der Waals surface area contributed by atoms with Gasteiger partial charge in [0, 0.05) is 11.8 Å². The first-order chi connectivity index (χ1) is 11.8. The zero-order chi connectivity index (χ0) is 16.6. The Labute approximate surface area is 139 Å². The minimum atomic E-state index is -0.307. The van der Waals surface area contributed by atoms with Crippen LogP contribution in [0.1, 0.15) is 12.0 Å². The number of nitrogens with one attached hydrogen (secondary N) is 2. The average Bonchev–Trinajstić information content (AvgIpc) is 2.63. The summed E-state index contributed by atoms with van der Waals surface area (Å²) in [6.45, 7) is 0. The molecule has 1 heterocycles. The molecule has 2 N–H and O–H groups in total. The van der Waals surface area contributed by atoms with Gasteiger partial charge in [-0.1, -0.05) is 60.7 Å². The normalized spacial score (nSPS) is 10.8. The standard InChI is InChI=1S/C18H17N5O/c24-17-16(15-11-5-2-6-12-15)21-23-18(20-17)22-19-13-7-10-14-8-3-1-4-9-14/h1-6,8-9,11-13H,7,10H2,(H2,20,22,23,24)/b19-13-. The van der Waals surface area contributed by atoms with Crippen LogP contribution in [0.2, 0.25) is 0 Å². The van der Waals surface area contributed by atoms with Crippen LogP contribution in [0, 0.1) is 0 Å². The molecular weight excluding hydrogens is 302 g/mol. The molecule has 0 aliphatic heterocycles. The van der Waals surface area contributed by atoms with Crippen LogP contribution in [0.25, 0.3) is 11.3 Å². The Balaban J connectivity index is 1.57. The molecule has 0 spiro atoms. The second-order valence-corrected chi connectivity index (χ2v) is 5.17. The van der Waals surface area contributed by atoms with Gasteiger partial charge in [0.15, 0.2) is 5.69 Å². The summed E-state index contributed by atoms with van der Waals surface area (Å²) < 4.78 is 0. The van der Waals surface area contributed by atoms with Gasteiger partial charge < -0.3 is 0 Å². The van der Waals surface area contributed by atoms with Crippen molar-refractivity contribution in [2.75, 3.05) is 5.43 Å². The third kappa shape index (κ3) is 4.13. The van der Waals surface area contributed by atoms with Crippen LogP contribution in [0.4, 0.5) is 5.95 Å². The molecule has 0 aliphatic rings. The van der Waals surface area contributed by atoms with Crippen molar-refractivity contribution in [1.29, 1.82) is 0 Å². The van der Waals surface area contributed by atoms with E-state index < -0.39 is 0 Å². The first-order valence-electron chi connectivity index (χ1n) is 7.67. The fraction of sp³-hybridized carbons (Fsp3) is 0.111. The Kier molecular flexibility index (Phi) is 5.09. The number of aryl methyl sites for hydroxylation is 1. The van der Waals surface area contributed by atoms with Gasteiger partial charge in [0.2, 0.25) is 5.95 Å². The van der Waals surface area contributed by atoms with Gasteiger partial charge in [-0.15, -0.1) is 10.2 Å². The summed E-state index contributed by atoms with van der Waals surface area (Å²) in [6, 6.07) is 19.4. The van der Waals surface area contributed by atoms with Crippen molar-refractivity contribution in [3.8, 4) is 11.3 Å². The Morgan fingerprint density at radius 3 is 2.42 bits per heavy atom. The molecule has 0 radical (unpaired) electrons. The quantitative estimate of drug-likeness (QED) is 0.540. The Morgan fingerprint density at radius 1 is 1.00 bits per heavy atom. The van der Waals surface area contributed by atoms with E-state index in [9.17, 15) is 4.79 Å². The monoisotopic (exact) mass is 319 g/mol. The highest BCUT2D eigenvalue weighted by molar-refractivity contribution is 5.59. The largest absolute Gasteiger partial charge is 0.288 e. The van der Waals surface area contributed by atoms with Crippen LogP contribution >= 0.6 is 0 Å². The number of H-pyrrole nitrogens is 1. The van der Waals surface area contributed by atoms with Gasteiger partial charge in [-0.3, -0.25) is 9.78 Å². The predicted octanol–water partition coefficient (Wildman–Crippen LogP) is 2.86. The van der Waals surface area contributed by atoms with Crippen molar-refractivity contribution in [2.24, 2.45) is 5.10 Å². The Bertz CT molecular complexity index is 859. The molecule has 6 heteroatoms. The molecule has 0 amide bonds. The fourth-order valence-electron chi connectivity index (χ4n) is 2.22. The second-order valence-electron chi connectivity index (χ2n) is 5.17. The van der Waals surface area contributed by atoms with E-state index in [1.165, 1.54) is 5.56 Å². The topological polar surface area (TPSA) is 83.0 Å². The van der Waals surface area contributed by atoms with E-state index in [1.54, 1.807) is 6.21 Å². The molecular formula is C18H17N5O. The lowest BCUT2D eigenvalue weighted by atomic mass is 10.1. The van der Waals surface area contributed by atoms with E-state index in [2.05, 4.69) is 37.8 Å². The van der Waals surface area contributed by atoms with Gasteiger partial charge in [0.1, 0.15) is 0 Å². The molecule has 0 unspecified atom stereocenters. The summed E-state index contributed by atoms with van der Waals surface area (Å²) in [5.74, 6) is 0.218. The number of nitrogens with zero attached hydrogens (tertiary/aromatic N) is 3. The lowest BCUT2D eigenvalue weighted by Crippen LogP contribution is -2.15. The number of aromatic amines is 1. The van der Waals surface area contributed by atoms with E-state index in [4.69, 9.17) is 0 Å². The molecule has 0 aliphatic carbocycles. The van der Waals surface area contributed by atoms with Crippen LogP contribution in [0.3, 0.4) is 0 Å². The van der Waals surface area contributed by atoms with E-state index >= 15 is 0 Å². The molecule has 0 bridgehead atoms. The molecule has 1 aromatic heterocycles. The van der Waals surface area contributed by atoms with E-state index in [-0.39, 0.29) is 17.2 Å². The van der Waals surface area contributed by atoms with Crippen LogP contribution in [-0.2, 0) is 6.42 Å². The van der Waals surface area contributed by atoms with Crippen LogP contribution in [0.5, 0.6) is 0 Å². The van der Waals surface area contributed by atoms with E-state index in [0.29, 0.717) is 0 Å². The van der Waals surface area contributed by atoms with Crippen molar-refractivity contribution in [2.45, 2.75) is 12.8 Å². The maximum atomic E-state index is 12.1. The van der Waals surface area contributed by atoms with Gasteiger partial charge >= 0.3 is 0 Å². The summed E-state index contributed by atoms with van der Waals surface area (Å²) in [4.78, 5) is 14.7. The lowest BCUT2D eigenvalue weighted by molar-refractivity contribution is 0.944. The van der Waals surface area contributed by atoms with Crippen molar-refractivity contribution in [3.05, 3.63) is 76.6 Å². The number of benzene rings is 2. The minimum Gasteiger partial charge on any atom is -0.288 e. The maximum absolute atomic E-state index is 12.1. The number of hydrogen-bond donors (Lipinski definition) is 2. The molecule has 3 rings (SSSR count). The number of hydrazone groups is 1.